The molecule has 5 heteroatoms. The second-order valence-electron chi connectivity index (χ2n) is 5.80. The summed E-state index contributed by atoms with van der Waals surface area (Å²) < 4.78 is 1.88. The second kappa shape index (κ2) is 6.75. The third kappa shape index (κ3) is 3.36. The molecule has 116 valence electrons. The van der Waals surface area contributed by atoms with Crippen LogP contribution < -0.4 is 10.6 Å². The first-order chi connectivity index (χ1) is 10.7. The van der Waals surface area contributed by atoms with E-state index < -0.39 is 0 Å². The zero-order chi connectivity index (χ0) is 15.4. The molecular weight excluding hydrogens is 276 g/mol. The van der Waals surface area contributed by atoms with E-state index >= 15 is 0 Å². The zero-order valence-corrected chi connectivity index (χ0v) is 12.9. The Morgan fingerprint density at radius 1 is 1.41 bits per heavy atom. The van der Waals surface area contributed by atoms with E-state index in [1.807, 2.05) is 29.8 Å². The first-order valence-corrected chi connectivity index (χ1v) is 7.82. The number of piperidine rings is 1. The summed E-state index contributed by atoms with van der Waals surface area (Å²) in [5.74, 6) is -0.0227. The fraction of sp³-hybridized carbons (Fsp3) is 0.412. The normalized spacial score (nSPS) is 18.1. The summed E-state index contributed by atoms with van der Waals surface area (Å²) >= 11 is 0. The minimum atomic E-state index is -0.0227. The highest BCUT2D eigenvalue weighted by atomic mass is 16.1. The molecule has 0 bridgehead atoms. The smallest absolute Gasteiger partial charge is 0.255 e. The monoisotopic (exact) mass is 298 g/mol. The maximum atomic E-state index is 12.4. The van der Waals surface area contributed by atoms with Crippen LogP contribution in [0.25, 0.3) is 0 Å². The summed E-state index contributed by atoms with van der Waals surface area (Å²) in [6.07, 6.45) is 3.82. The van der Waals surface area contributed by atoms with Crippen molar-refractivity contribution >= 4 is 5.91 Å². The van der Waals surface area contributed by atoms with Crippen LogP contribution in [-0.2, 0) is 6.54 Å². The molecule has 1 atom stereocenters. The molecule has 1 saturated heterocycles. The summed E-state index contributed by atoms with van der Waals surface area (Å²) in [4.78, 5) is 12.4. The second-order valence-corrected chi connectivity index (χ2v) is 5.80. The van der Waals surface area contributed by atoms with E-state index in [-0.39, 0.29) is 11.9 Å². The van der Waals surface area contributed by atoms with Gasteiger partial charge in [-0.2, -0.15) is 5.10 Å². The van der Waals surface area contributed by atoms with Gasteiger partial charge in [0.25, 0.3) is 5.91 Å². The first-order valence-electron chi connectivity index (χ1n) is 7.82. The van der Waals surface area contributed by atoms with Gasteiger partial charge in [-0.25, -0.2) is 0 Å². The maximum Gasteiger partial charge on any atom is 0.255 e. The van der Waals surface area contributed by atoms with Crippen molar-refractivity contribution in [3.8, 4) is 0 Å². The number of carbonyl (C=O) groups is 1. The molecule has 1 aliphatic heterocycles. The molecule has 0 saturated carbocycles. The van der Waals surface area contributed by atoms with Crippen LogP contribution >= 0.6 is 0 Å². The van der Waals surface area contributed by atoms with E-state index in [0.29, 0.717) is 12.1 Å². The summed E-state index contributed by atoms with van der Waals surface area (Å²) in [5.41, 5.74) is 2.75. The quantitative estimate of drug-likeness (QED) is 0.903. The molecule has 0 spiro atoms. The minimum absolute atomic E-state index is 0.0227. The number of hydrogen-bond donors (Lipinski definition) is 2. The van der Waals surface area contributed by atoms with E-state index in [0.717, 1.165) is 31.6 Å². The van der Waals surface area contributed by atoms with E-state index in [1.165, 1.54) is 5.56 Å². The Morgan fingerprint density at radius 3 is 2.95 bits per heavy atom. The molecule has 1 aliphatic rings. The predicted molar refractivity (Wildman–Crippen MR) is 85.9 cm³/mol. The average molecular weight is 298 g/mol. The van der Waals surface area contributed by atoms with Gasteiger partial charge in [0.1, 0.15) is 0 Å². The molecule has 3 rings (SSSR count). The molecule has 0 radical (unpaired) electrons. The Bertz CT molecular complexity index is 629. The Morgan fingerprint density at radius 2 is 2.23 bits per heavy atom. The molecular formula is C17H22N4O. The van der Waals surface area contributed by atoms with Crippen LogP contribution in [0.3, 0.4) is 0 Å². The van der Waals surface area contributed by atoms with Crippen molar-refractivity contribution in [3.05, 3.63) is 53.3 Å². The zero-order valence-electron chi connectivity index (χ0n) is 12.9. The number of carbonyl (C=O) groups excluding carboxylic acids is 1. The van der Waals surface area contributed by atoms with Gasteiger partial charge in [-0.15, -0.1) is 0 Å². The van der Waals surface area contributed by atoms with E-state index in [4.69, 9.17) is 0 Å². The Kier molecular flexibility index (Phi) is 4.53. The highest BCUT2D eigenvalue weighted by Gasteiger charge is 2.19. The van der Waals surface area contributed by atoms with Gasteiger partial charge in [-0.05, 0) is 31.9 Å². The topological polar surface area (TPSA) is 59.0 Å². The van der Waals surface area contributed by atoms with Crippen LogP contribution in [0.15, 0.2) is 36.5 Å². The van der Waals surface area contributed by atoms with Crippen molar-refractivity contribution in [2.75, 3.05) is 13.1 Å². The lowest BCUT2D eigenvalue weighted by molar-refractivity contribution is 0.0930. The highest BCUT2D eigenvalue weighted by Crippen LogP contribution is 2.11. The van der Waals surface area contributed by atoms with Crippen LogP contribution in [0.2, 0.25) is 0 Å². The molecule has 1 fully saturated rings. The minimum Gasteiger partial charge on any atom is -0.348 e. The summed E-state index contributed by atoms with van der Waals surface area (Å²) in [6, 6.07) is 10.4. The number of hydrogen-bond acceptors (Lipinski definition) is 3. The number of nitrogens with zero attached hydrogens (tertiary/aromatic N) is 2. The molecule has 2 heterocycles. The van der Waals surface area contributed by atoms with Crippen LogP contribution in [0.4, 0.5) is 0 Å². The fourth-order valence-corrected chi connectivity index (χ4v) is 2.82. The summed E-state index contributed by atoms with van der Waals surface area (Å²) in [5, 5.41) is 10.8. The third-order valence-electron chi connectivity index (χ3n) is 4.16. The van der Waals surface area contributed by atoms with Crippen molar-refractivity contribution in [2.24, 2.45) is 0 Å². The highest BCUT2D eigenvalue weighted by molar-refractivity contribution is 5.95. The molecule has 2 N–H and O–H groups in total. The lowest BCUT2D eigenvalue weighted by Gasteiger charge is -2.23. The lowest BCUT2D eigenvalue weighted by Crippen LogP contribution is -2.45. The lowest BCUT2D eigenvalue weighted by atomic mass is 10.1. The van der Waals surface area contributed by atoms with Gasteiger partial charge in [-0.1, -0.05) is 30.3 Å². The van der Waals surface area contributed by atoms with Crippen LogP contribution in [0.5, 0.6) is 0 Å². The number of benzene rings is 1. The van der Waals surface area contributed by atoms with E-state index in [2.05, 4.69) is 27.9 Å². The van der Waals surface area contributed by atoms with Gasteiger partial charge in [0.05, 0.1) is 18.3 Å². The number of amides is 1. The molecule has 0 unspecified atom stereocenters. The van der Waals surface area contributed by atoms with Crippen molar-refractivity contribution in [3.63, 3.8) is 0 Å². The van der Waals surface area contributed by atoms with Gasteiger partial charge >= 0.3 is 0 Å². The van der Waals surface area contributed by atoms with Gasteiger partial charge in [-0.3, -0.25) is 9.48 Å². The fourth-order valence-electron chi connectivity index (χ4n) is 2.82. The van der Waals surface area contributed by atoms with Crippen molar-refractivity contribution < 1.29 is 4.79 Å². The standard InChI is InChI=1S/C17H22N4O/c1-13-16(17(22)20-15-8-5-9-18-10-15)11-19-21(13)12-14-6-3-2-4-7-14/h2-4,6-7,11,15,18H,5,8-10,12H2,1H3,(H,20,22)/t15-/m0/s1. The largest absolute Gasteiger partial charge is 0.348 e. The Hall–Kier alpha value is -2.14. The van der Waals surface area contributed by atoms with Crippen molar-refractivity contribution in [2.45, 2.75) is 32.4 Å². The SMILES string of the molecule is Cc1c(C(=O)N[C@H]2CCCNC2)cnn1Cc1ccccc1. The van der Waals surface area contributed by atoms with Crippen LogP contribution in [-0.4, -0.2) is 34.8 Å². The average Bonchev–Trinajstić information content (AvgIpc) is 2.90. The van der Waals surface area contributed by atoms with Crippen LogP contribution in [0, 0.1) is 6.92 Å². The van der Waals surface area contributed by atoms with E-state index in [1.54, 1.807) is 6.20 Å². The number of nitrogens with one attached hydrogen (secondary N) is 2. The van der Waals surface area contributed by atoms with Gasteiger partial charge in [0.15, 0.2) is 0 Å². The predicted octanol–water partition coefficient (Wildman–Crippen LogP) is 1.72. The Labute approximate surface area is 130 Å². The maximum absolute atomic E-state index is 12.4. The van der Waals surface area contributed by atoms with Gasteiger partial charge in [0, 0.05) is 18.3 Å². The van der Waals surface area contributed by atoms with Crippen LogP contribution in [0.1, 0.15) is 34.5 Å². The van der Waals surface area contributed by atoms with Crippen molar-refractivity contribution in [1.82, 2.24) is 20.4 Å². The van der Waals surface area contributed by atoms with E-state index in [9.17, 15) is 4.79 Å². The molecule has 1 aromatic heterocycles. The molecule has 5 nitrogen and oxygen atoms in total. The summed E-state index contributed by atoms with van der Waals surface area (Å²) in [7, 11) is 0. The number of rotatable bonds is 4. The molecule has 1 amide bonds. The first kappa shape index (κ1) is 14.8. The molecule has 0 aliphatic carbocycles. The number of aromatic nitrogens is 2. The Balaban J connectivity index is 1.68. The summed E-state index contributed by atoms with van der Waals surface area (Å²) in [6.45, 7) is 4.53. The van der Waals surface area contributed by atoms with Gasteiger partial charge in [0.2, 0.25) is 0 Å². The van der Waals surface area contributed by atoms with Crippen molar-refractivity contribution in [1.29, 1.82) is 0 Å². The van der Waals surface area contributed by atoms with Gasteiger partial charge < -0.3 is 10.6 Å². The molecule has 1 aromatic carbocycles. The molecule has 2 aromatic rings. The molecule has 22 heavy (non-hydrogen) atoms. The third-order valence-corrected chi connectivity index (χ3v) is 4.16.